The average Bonchev–Trinajstić information content (AvgIpc) is 3.11. The molecule has 0 spiro atoms. The minimum atomic E-state index is -0.454. The molecule has 0 unspecified atom stereocenters. The number of tetrazole rings is 1. The second-order valence-electron chi connectivity index (χ2n) is 4.96. The number of H-pyrrole nitrogens is 1. The van der Waals surface area contributed by atoms with Crippen LogP contribution in [0.15, 0.2) is 30.3 Å². The Labute approximate surface area is 157 Å². The number of hydrogen-bond acceptors (Lipinski definition) is 7. The lowest BCUT2D eigenvalue weighted by Crippen LogP contribution is -2.17. The molecule has 0 bridgehead atoms. The van der Waals surface area contributed by atoms with E-state index in [1.54, 1.807) is 18.2 Å². The molecular weight excluding hydrogens is 383 g/mol. The maximum absolute atomic E-state index is 11.8. The molecule has 1 amide bonds. The molecule has 0 saturated carbocycles. The summed E-state index contributed by atoms with van der Waals surface area (Å²) in [7, 11) is 1.46. The zero-order chi connectivity index (χ0) is 18.7. The lowest BCUT2D eigenvalue weighted by atomic mass is 10.1. The van der Waals surface area contributed by atoms with Crippen molar-refractivity contribution in [3.05, 3.63) is 45.9 Å². The molecule has 0 radical (unpaired) electrons. The summed E-state index contributed by atoms with van der Waals surface area (Å²) in [4.78, 5) is 11.8. The van der Waals surface area contributed by atoms with Crippen LogP contribution >= 0.6 is 23.2 Å². The number of carbonyl (C=O) groups excluding carboxylic acids is 1. The number of nitrogens with zero attached hydrogens (tertiary/aromatic N) is 3. The van der Waals surface area contributed by atoms with Crippen molar-refractivity contribution in [3.8, 4) is 17.2 Å². The Hall–Kier alpha value is -3.04. The average molecular weight is 395 g/mol. The quantitative estimate of drug-likeness (QED) is 0.523. The van der Waals surface area contributed by atoms with E-state index in [1.807, 2.05) is 0 Å². The highest BCUT2D eigenvalue weighted by Gasteiger charge is 2.17. The van der Waals surface area contributed by atoms with Gasteiger partial charge in [0.1, 0.15) is 0 Å². The van der Waals surface area contributed by atoms with Gasteiger partial charge in [-0.25, -0.2) is 0 Å². The Bertz CT molecular complexity index is 926. The van der Waals surface area contributed by atoms with Crippen molar-refractivity contribution >= 4 is 40.7 Å². The van der Waals surface area contributed by atoms with Gasteiger partial charge in [-0.15, -0.1) is 5.10 Å². The minimum absolute atomic E-state index is 0.0359. The summed E-state index contributed by atoms with van der Waals surface area (Å²) < 4.78 is 5.62. The van der Waals surface area contributed by atoms with E-state index in [9.17, 15) is 9.90 Å². The Kier molecular flexibility index (Phi) is 5.10. The molecular formula is C15H12Cl2N6O3. The fourth-order valence-electron chi connectivity index (χ4n) is 2.11. The third kappa shape index (κ3) is 3.63. The lowest BCUT2D eigenvalue weighted by molar-refractivity contribution is 0.0960. The summed E-state index contributed by atoms with van der Waals surface area (Å²) in [5.74, 6) is -0.385. The standard InChI is InChI=1S/C15H12Cl2N6O3/c1-18-14(25)8-3-2-4-11(12(8)24)26-13-9(16)5-7(6-10(13)17)19-15-20-22-23-21-15/h2-6,24H,1H3,(H,18,25)(H2,19,20,21,22,23). The Morgan fingerprint density at radius 1 is 1.27 bits per heavy atom. The molecule has 3 aromatic rings. The van der Waals surface area contributed by atoms with Crippen LogP contribution < -0.4 is 15.4 Å². The Morgan fingerprint density at radius 2 is 2.00 bits per heavy atom. The van der Waals surface area contributed by atoms with Gasteiger partial charge in [-0.05, 0) is 29.5 Å². The van der Waals surface area contributed by atoms with Crippen molar-refractivity contribution in [2.75, 3.05) is 12.4 Å². The molecule has 26 heavy (non-hydrogen) atoms. The number of aromatic amines is 1. The molecule has 0 atom stereocenters. The van der Waals surface area contributed by atoms with Crippen molar-refractivity contribution in [1.29, 1.82) is 0 Å². The van der Waals surface area contributed by atoms with E-state index in [0.29, 0.717) is 5.69 Å². The number of benzene rings is 2. The number of carbonyl (C=O) groups is 1. The normalized spacial score (nSPS) is 10.4. The van der Waals surface area contributed by atoms with Crippen LogP contribution in [0.25, 0.3) is 0 Å². The van der Waals surface area contributed by atoms with E-state index >= 15 is 0 Å². The topological polar surface area (TPSA) is 125 Å². The monoisotopic (exact) mass is 394 g/mol. The molecule has 0 aliphatic rings. The number of para-hydroxylation sites is 1. The molecule has 0 aliphatic heterocycles. The van der Waals surface area contributed by atoms with Gasteiger partial charge in [-0.1, -0.05) is 34.4 Å². The van der Waals surface area contributed by atoms with Gasteiger partial charge in [0, 0.05) is 12.7 Å². The van der Waals surface area contributed by atoms with Crippen LogP contribution in [-0.4, -0.2) is 38.7 Å². The number of ether oxygens (including phenoxy) is 1. The van der Waals surface area contributed by atoms with E-state index in [-0.39, 0.29) is 38.8 Å². The van der Waals surface area contributed by atoms with E-state index in [1.165, 1.54) is 19.2 Å². The number of anilines is 2. The summed E-state index contributed by atoms with van der Waals surface area (Å²) >= 11 is 12.5. The van der Waals surface area contributed by atoms with Crippen LogP contribution in [-0.2, 0) is 0 Å². The Balaban J connectivity index is 1.90. The number of halogens is 2. The van der Waals surface area contributed by atoms with Gasteiger partial charge in [0.2, 0.25) is 0 Å². The second-order valence-corrected chi connectivity index (χ2v) is 5.78. The smallest absolute Gasteiger partial charge is 0.267 e. The number of phenols is 1. The molecule has 11 heteroatoms. The number of aromatic hydroxyl groups is 1. The van der Waals surface area contributed by atoms with Gasteiger partial charge in [0.15, 0.2) is 17.2 Å². The summed E-state index contributed by atoms with van der Waals surface area (Å²) in [6, 6.07) is 7.59. The second kappa shape index (κ2) is 7.46. The highest BCUT2D eigenvalue weighted by Crippen LogP contribution is 2.42. The minimum Gasteiger partial charge on any atom is -0.504 e. The van der Waals surface area contributed by atoms with Gasteiger partial charge in [0.25, 0.3) is 11.9 Å². The van der Waals surface area contributed by atoms with E-state index < -0.39 is 5.91 Å². The molecule has 2 aromatic carbocycles. The van der Waals surface area contributed by atoms with Crippen LogP contribution in [0.3, 0.4) is 0 Å². The van der Waals surface area contributed by atoms with E-state index in [2.05, 4.69) is 31.3 Å². The predicted molar refractivity (Wildman–Crippen MR) is 95.5 cm³/mol. The van der Waals surface area contributed by atoms with Crippen LogP contribution in [0.2, 0.25) is 10.0 Å². The van der Waals surface area contributed by atoms with E-state index in [4.69, 9.17) is 27.9 Å². The van der Waals surface area contributed by atoms with Gasteiger partial charge in [0.05, 0.1) is 15.6 Å². The van der Waals surface area contributed by atoms with Crippen molar-refractivity contribution in [2.45, 2.75) is 0 Å². The van der Waals surface area contributed by atoms with Gasteiger partial charge in [-0.2, -0.15) is 5.21 Å². The van der Waals surface area contributed by atoms with Crippen LogP contribution in [0.5, 0.6) is 17.2 Å². The first-order chi connectivity index (χ1) is 12.5. The van der Waals surface area contributed by atoms with Crippen LogP contribution in [0, 0.1) is 0 Å². The first-order valence-electron chi connectivity index (χ1n) is 7.21. The van der Waals surface area contributed by atoms with Crippen LogP contribution in [0.1, 0.15) is 10.4 Å². The van der Waals surface area contributed by atoms with Crippen molar-refractivity contribution in [1.82, 2.24) is 25.9 Å². The summed E-state index contributed by atoms with van der Waals surface area (Å²) in [6.07, 6.45) is 0. The van der Waals surface area contributed by atoms with Crippen molar-refractivity contribution in [2.24, 2.45) is 0 Å². The van der Waals surface area contributed by atoms with E-state index in [0.717, 1.165) is 0 Å². The maximum Gasteiger partial charge on any atom is 0.267 e. The fraction of sp³-hybridized carbons (Fsp3) is 0.0667. The molecule has 0 fully saturated rings. The maximum atomic E-state index is 11.8. The number of rotatable bonds is 5. The first kappa shape index (κ1) is 17.8. The molecule has 1 heterocycles. The molecule has 134 valence electrons. The first-order valence-corrected chi connectivity index (χ1v) is 7.96. The molecule has 9 nitrogen and oxygen atoms in total. The molecule has 0 aliphatic carbocycles. The van der Waals surface area contributed by atoms with Crippen molar-refractivity contribution in [3.63, 3.8) is 0 Å². The third-order valence-electron chi connectivity index (χ3n) is 3.28. The van der Waals surface area contributed by atoms with Crippen molar-refractivity contribution < 1.29 is 14.6 Å². The zero-order valence-electron chi connectivity index (χ0n) is 13.2. The number of amides is 1. The Morgan fingerprint density at radius 3 is 2.62 bits per heavy atom. The predicted octanol–water partition coefficient (Wildman–Crippen LogP) is 3.11. The molecule has 0 saturated heterocycles. The highest BCUT2D eigenvalue weighted by molar-refractivity contribution is 6.37. The summed E-state index contributed by atoms with van der Waals surface area (Å²) in [5, 5.41) is 29.1. The van der Waals surface area contributed by atoms with Crippen LogP contribution in [0.4, 0.5) is 11.6 Å². The zero-order valence-corrected chi connectivity index (χ0v) is 14.8. The number of phenolic OH excluding ortho intramolecular Hbond substituents is 1. The SMILES string of the molecule is CNC(=O)c1cccc(Oc2c(Cl)cc(Nc3nn[nH]n3)cc2Cl)c1O. The third-order valence-corrected chi connectivity index (χ3v) is 3.84. The summed E-state index contributed by atoms with van der Waals surface area (Å²) in [6.45, 7) is 0. The molecule has 4 N–H and O–H groups in total. The van der Waals surface area contributed by atoms with Gasteiger partial charge in [-0.3, -0.25) is 4.79 Å². The van der Waals surface area contributed by atoms with Gasteiger partial charge >= 0.3 is 0 Å². The largest absolute Gasteiger partial charge is 0.504 e. The lowest BCUT2D eigenvalue weighted by Gasteiger charge is -2.14. The molecule has 1 aromatic heterocycles. The summed E-state index contributed by atoms with van der Waals surface area (Å²) in [5.41, 5.74) is 0.574. The number of hydrogen-bond donors (Lipinski definition) is 4. The fourth-order valence-corrected chi connectivity index (χ4v) is 2.67. The van der Waals surface area contributed by atoms with Gasteiger partial charge < -0.3 is 20.5 Å². The highest BCUT2D eigenvalue weighted by atomic mass is 35.5. The molecule has 3 rings (SSSR count). The number of aromatic nitrogens is 4. The number of nitrogens with one attached hydrogen (secondary N) is 3.